The number of hydrogen-bond acceptors (Lipinski definition) is 1. The smallest absolute Gasteiger partial charge is 0.0154 e. The van der Waals surface area contributed by atoms with E-state index in [1.807, 2.05) is 6.08 Å². The van der Waals surface area contributed by atoms with Crippen LogP contribution in [0.25, 0.3) is 0 Å². The first kappa shape index (κ1) is 8.41. The van der Waals surface area contributed by atoms with Crippen LogP contribution in [0.5, 0.6) is 0 Å². The summed E-state index contributed by atoms with van der Waals surface area (Å²) in [6.45, 7) is 3.69. The molecule has 0 bridgehead atoms. The molecule has 0 fully saturated rings. The standard InChI is InChI=1S/C10H12S/c1-2-4-9-5-3-6-10(7-9)8-11/h2-3,5-7,11H,1,4,8H2. The van der Waals surface area contributed by atoms with Gasteiger partial charge >= 0.3 is 0 Å². The number of hydrogen-bond donors (Lipinski definition) is 1. The molecule has 0 aliphatic rings. The zero-order chi connectivity index (χ0) is 8.10. The summed E-state index contributed by atoms with van der Waals surface area (Å²) in [5, 5.41) is 0. The molecule has 0 spiro atoms. The average molecular weight is 164 g/mol. The van der Waals surface area contributed by atoms with E-state index in [0.29, 0.717) is 0 Å². The van der Waals surface area contributed by atoms with Crippen molar-refractivity contribution in [3.05, 3.63) is 48.0 Å². The number of thiol groups is 1. The van der Waals surface area contributed by atoms with Crippen molar-refractivity contribution in [3.8, 4) is 0 Å². The molecule has 0 saturated heterocycles. The third-order valence-corrected chi connectivity index (χ3v) is 1.92. The van der Waals surface area contributed by atoms with E-state index in [-0.39, 0.29) is 0 Å². The Morgan fingerprint density at radius 2 is 2.09 bits per heavy atom. The third kappa shape index (κ3) is 2.43. The highest BCUT2D eigenvalue weighted by atomic mass is 32.1. The molecule has 0 N–H and O–H groups in total. The minimum absolute atomic E-state index is 0.810. The second kappa shape index (κ2) is 4.24. The van der Waals surface area contributed by atoms with Crippen molar-refractivity contribution in [2.45, 2.75) is 12.2 Å². The lowest BCUT2D eigenvalue weighted by Crippen LogP contribution is -1.83. The largest absolute Gasteiger partial charge is 0.175 e. The van der Waals surface area contributed by atoms with Crippen molar-refractivity contribution in [2.24, 2.45) is 0 Å². The van der Waals surface area contributed by atoms with Crippen molar-refractivity contribution in [1.29, 1.82) is 0 Å². The number of allylic oxidation sites excluding steroid dienone is 1. The van der Waals surface area contributed by atoms with Crippen LogP contribution in [0.2, 0.25) is 0 Å². The van der Waals surface area contributed by atoms with Gasteiger partial charge in [-0.2, -0.15) is 12.6 Å². The fraction of sp³-hybridized carbons (Fsp3) is 0.200. The second-order valence-corrected chi connectivity index (χ2v) is 2.79. The topological polar surface area (TPSA) is 0 Å². The molecule has 0 radical (unpaired) electrons. The summed E-state index contributed by atoms with van der Waals surface area (Å²) in [6, 6.07) is 8.41. The van der Waals surface area contributed by atoms with Gasteiger partial charge in [0.05, 0.1) is 0 Å². The molecule has 0 aliphatic heterocycles. The van der Waals surface area contributed by atoms with Crippen molar-refractivity contribution in [3.63, 3.8) is 0 Å². The lowest BCUT2D eigenvalue weighted by atomic mass is 10.1. The summed E-state index contributed by atoms with van der Waals surface area (Å²) in [7, 11) is 0. The first-order valence-electron chi connectivity index (χ1n) is 3.66. The van der Waals surface area contributed by atoms with E-state index in [0.717, 1.165) is 12.2 Å². The van der Waals surface area contributed by atoms with Gasteiger partial charge in [0.15, 0.2) is 0 Å². The van der Waals surface area contributed by atoms with Gasteiger partial charge in [0, 0.05) is 5.75 Å². The SMILES string of the molecule is C=CCc1cccc(CS)c1. The van der Waals surface area contributed by atoms with E-state index >= 15 is 0 Å². The normalized spacial score (nSPS) is 9.55. The first-order chi connectivity index (χ1) is 5.36. The van der Waals surface area contributed by atoms with E-state index in [4.69, 9.17) is 0 Å². The molecule has 0 heterocycles. The lowest BCUT2D eigenvalue weighted by molar-refractivity contribution is 1.25. The molecule has 0 amide bonds. The predicted octanol–water partition coefficient (Wildman–Crippen LogP) is 2.84. The summed E-state index contributed by atoms with van der Waals surface area (Å²) < 4.78 is 0. The highest BCUT2D eigenvalue weighted by Gasteiger charge is 1.90. The molecule has 11 heavy (non-hydrogen) atoms. The van der Waals surface area contributed by atoms with Gasteiger partial charge in [0.25, 0.3) is 0 Å². The molecule has 0 unspecified atom stereocenters. The highest BCUT2D eigenvalue weighted by Crippen LogP contribution is 2.07. The quantitative estimate of drug-likeness (QED) is 0.515. The predicted molar refractivity (Wildman–Crippen MR) is 53.0 cm³/mol. The summed E-state index contributed by atoms with van der Waals surface area (Å²) in [5.74, 6) is 0.810. The molecule has 1 heteroatoms. The van der Waals surface area contributed by atoms with E-state index in [1.54, 1.807) is 0 Å². The van der Waals surface area contributed by atoms with Crippen LogP contribution >= 0.6 is 12.6 Å². The summed E-state index contributed by atoms with van der Waals surface area (Å²) in [6.07, 6.45) is 2.86. The maximum absolute atomic E-state index is 4.20. The van der Waals surface area contributed by atoms with Crippen LogP contribution in [0.4, 0.5) is 0 Å². The molecular formula is C10H12S. The van der Waals surface area contributed by atoms with Gasteiger partial charge in [-0.3, -0.25) is 0 Å². The minimum Gasteiger partial charge on any atom is -0.175 e. The van der Waals surface area contributed by atoms with Crippen LogP contribution in [0.1, 0.15) is 11.1 Å². The Bertz CT molecular complexity index is 240. The van der Waals surface area contributed by atoms with Gasteiger partial charge in [0.1, 0.15) is 0 Å². The van der Waals surface area contributed by atoms with Crippen LogP contribution < -0.4 is 0 Å². The van der Waals surface area contributed by atoms with Crippen molar-refractivity contribution in [1.82, 2.24) is 0 Å². The van der Waals surface area contributed by atoms with Crippen LogP contribution in [0, 0.1) is 0 Å². The number of benzene rings is 1. The van der Waals surface area contributed by atoms with Crippen molar-refractivity contribution >= 4 is 12.6 Å². The molecule has 58 valence electrons. The Morgan fingerprint density at radius 3 is 2.73 bits per heavy atom. The zero-order valence-electron chi connectivity index (χ0n) is 6.46. The molecule has 1 rings (SSSR count). The van der Waals surface area contributed by atoms with Crippen LogP contribution in [0.3, 0.4) is 0 Å². The van der Waals surface area contributed by atoms with Crippen LogP contribution in [-0.4, -0.2) is 0 Å². The fourth-order valence-electron chi connectivity index (χ4n) is 1.02. The molecule has 1 aromatic rings. The van der Waals surface area contributed by atoms with Gasteiger partial charge in [-0.1, -0.05) is 30.3 Å². The van der Waals surface area contributed by atoms with Crippen molar-refractivity contribution in [2.75, 3.05) is 0 Å². The van der Waals surface area contributed by atoms with Crippen LogP contribution in [0.15, 0.2) is 36.9 Å². The second-order valence-electron chi connectivity index (χ2n) is 2.47. The monoisotopic (exact) mass is 164 g/mol. The molecular weight excluding hydrogens is 152 g/mol. The average Bonchev–Trinajstić information content (AvgIpc) is 2.06. The van der Waals surface area contributed by atoms with Gasteiger partial charge in [-0.25, -0.2) is 0 Å². The highest BCUT2D eigenvalue weighted by molar-refractivity contribution is 7.79. The molecule has 1 aromatic carbocycles. The van der Waals surface area contributed by atoms with Gasteiger partial charge in [0.2, 0.25) is 0 Å². The molecule has 0 aliphatic carbocycles. The van der Waals surface area contributed by atoms with Gasteiger partial charge in [-0.05, 0) is 17.5 Å². The summed E-state index contributed by atoms with van der Waals surface area (Å²) in [5.41, 5.74) is 2.58. The Hall–Kier alpha value is -0.690. The molecule has 0 saturated carbocycles. The van der Waals surface area contributed by atoms with Crippen LogP contribution in [-0.2, 0) is 12.2 Å². The van der Waals surface area contributed by atoms with E-state index in [9.17, 15) is 0 Å². The third-order valence-electron chi connectivity index (χ3n) is 1.55. The van der Waals surface area contributed by atoms with E-state index in [1.165, 1.54) is 11.1 Å². The summed E-state index contributed by atoms with van der Waals surface area (Å²) >= 11 is 4.20. The lowest BCUT2D eigenvalue weighted by Gasteiger charge is -1.98. The molecule has 0 nitrogen and oxygen atoms in total. The van der Waals surface area contributed by atoms with E-state index in [2.05, 4.69) is 43.5 Å². The Morgan fingerprint density at radius 1 is 1.36 bits per heavy atom. The summed E-state index contributed by atoms with van der Waals surface area (Å²) in [4.78, 5) is 0. The maximum atomic E-state index is 4.20. The van der Waals surface area contributed by atoms with Gasteiger partial charge in [-0.15, -0.1) is 6.58 Å². The zero-order valence-corrected chi connectivity index (χ0v) is 7.35. The molecule has 0 aromatic heterocycles. The van der Waals surface area contributed by atoms with Gasteiger partial charge < -0.3 is 0 Å². The number of rotatable bonds is 3. The van der Waals surface area contributed by atoms with E-state index < -0.39 is 0 Å². The minimum atomic E-state index is 0.810. The first-order valence-corrected chi connectivity index (χ1v) is 4.29. The maximum Gasteiger partial charge on any atom is 0.0154 e. The Kier molecular flexibility index (Phi) is 3.24. The Labute approximate surface area is 73.4 Å². The van der Waals surface area contributed by atoms with Crippen molar-refractivity contribution < 1.29 is 0 Å². The molecule has 0 atom stereocenters. The Balaban J connectivity index is 2.82. The fourth-order valence-corrected chi connectivity index (χ4v) is 1.22.